The number of rotatable bonds is 5. The molecule has 0 unspecified atom stereocenters. The molecule has 1 fully saturated rings. The van der Waals surface area contributed by atoms with Crippen molar-refractivity contribution in [3.05, 3.63) is 60.0 Å². The topological polar surface area (TPSA) is 67.3 Å². The molecule has 1 N–H and O–H groups in total. The highest BCUT2D eigenvalue weighted by molar-refractivity contribution is 5.50. The first-order chi connectivity index (χ1) is 11.8. The van der Waals surface area contributed by atoms with Crippen LogP contribution in [-0.4, -0.2) is 38.1 Å². The fraction of sp³-hybridized carbons (Fsp3) is 0.333. The van der Waals surface area contributed by atoms with Crippen LogP contribution in [-0.2, 0) is 13.2 Å². The molecule has 0 saturated carbocycles. The number of hydrogen-bond donors (Lipinski definition) is 1. The van der Waals surface area contributed by atoms with Crippen molar-refractivity contribution in [1.29, 1.82) is 0 Å². The first-order valence-electron chi connectivity index (χ1n) is 8.20. The molecule has 0 radical (unpaired) electrons. The van der Waals surface area contributed by atoms with Crippen LogP contribution in [0.15, 0.2) is 53.1 Å². The molecule has 6 heteroatoms. The van der Waals surface area contributed by atoms with Gasteiger partial charge in [-0.25, -0.2) is 4.68 Å². The Hall–Kier alpha value is -2.44. The molecule has 1 aliphatic rings. The fourth-order valence-electron chi connectivity index (χ4n) is 3.18. The van der Waals surface area contributed by atoms with Gasteiger partial charge in [0.25, 0.3) is 0 Å². The summed E-state index contributed by atoms with van der Waals surface area (Å²) in [6.45, 7) is 2.89. The van der Waals surface area contributed by atoms with E-state index in [1.54, 1.807) is 6.07 Å². The second-order valence-electron chi connectivity index (χ2n) is 6.17. The largest absolute Gasteiger partial charge is 0.457 e. The van der Waals surface area contributed by atoms with Gasteiger partial charge in [0, 0.05) is 19.6 Å². The van der Waals surface area contributed by atoms with E-state index in [0.717, 1.165) is 26.1 Å². The Morgan fingerprint density at radius 2 is 2.04 bits per heavy atom. The summed E-state index contributed by atoms with van der Waals surface area (Å²) < 4.78 is 7.45. The molecule has 0 bridgehead atoms. The zero-order chi connectivity index (χ0) is 16.4. The van der Waals surface area contributed by atoms with E-state index in [1.807, 2.05) is 23.0 Å². The molecule has 3 heterocycles. The molecule has 2 aromatic heterocycles. The predicted molar refractivity (Wildman–Crippen MR) is 89.0 cm³/mol. The lowest BCUT2D eigenvalue weighted by molar-refractivity contribution is 0.248. The maximum Gasteiger partial charge on any atom is 0.156 e. The summed E-state index contributed by atoms with van der Waals surface area (Å²) in [5, 5.41) is 17.6. The second kappa shape index (κ2) is 6.59. The minimum atomic E-state index is -0.106. The van der Waals surface area contributed by atoms with Gasteiger partial charge in [-0.15, -0.1) is 5.10 Å². The summed E-state index contributed by atoms with van der Waals surface area (Å²) in [7, 11) is 0. The summed E-state index contributed by atoms with van der Waals surface area (Å²) in [5.74, 6) is 1.18. The molecule has 6 nitrogen and oxygen atoms in total. The number of aliphatic hydroxyl groups is 1. The third kappa shape index (κ3) is 3.11. The van der Waals surface area contributed by atoms with Crippen LogP contribution in [0.25, 0.3) is 11.5 Å². The zero-order valence-electron chi connectivity index (χ0n) is 13.4. The van der Waals surface area contributed by atoms with Crippen LogP contribution in [0.4, 0.5) is 0 Å². The molecule has 1 aromatic carbocycles. The molecule has 0 aliphatic carbocycles. The average Bonchev–Trinajstić information content (AvgIpc) is 3.35. The SMILES string of the molecule is OCc1ccc(-c2cn([C@H]3CCN(Cc4ccccc4)C3)nn2)o1. The molecular formula is C18H20N4O2. The first kappa shape index (κ1) is 15.1. The normalized spacial score (nSPS) is 18.3. The second-order valence-corrected chi connectivity index (χ2v) is 6.17. The van der Waals surface area contributed by atoms with Gasteiger partial charge >= 0.3 is 0 Å². The minimum absolute atomic E-state index is 0.106. The van der Waals surface area contributed by atoms with Crippen molar-refractivity contribution in [3.8, 4) is 11.5 Å². The van der Waals surface area contributed by atoms with Crippen molar-refractivity contribution >= 4 is 0 Å². The molecule has 1 atom stereocenters. The zero-order valence-corrected chi connectivity index (χ0v) is 13.4. The number of aliphatic hydroxyl groups excluding tert-OH is 1. The Bertz CT molecular complexity index is 796. The molecule has 1 saturated heterocycles. The maximum absolute atomic E-state index is 9.09. The van der Waals surface area contributed by atoms with E-state index in [9.17, 15) is 0 Å². The molecular weight excluding hydrogens is 304 g/mol. The predicted octanol–water partition coefficient (Wildman–Crippen LogP) is 2.48. The van der Waals surface area contributed by atoms with Gasteiger partial charge in [-0.05, 0) is 24.1 Å². The quantitative estimate of drug-likeness (QED) is 0.781. The summed E-state index contributed by atoms with van der Waals surface area (Å²) >= 11 is 0. The summed E-state index contributed by atoms with van der Waals surface area (Å²) in [5.41, 5.74) is 2.04. The van der Waals surface area contributed by atoms with E-state index < -0.39 is 0 Å². The number of hydrogen-bond acceptors (Lipinski definition) is 5. The third-order valence-electron chi connectivity index (χ3n) is 4.45. The van der Waals surface area contributed by atoms with Gasteiger partial charge in [-0.2, -0.15) is 0 Å². The monoisotopic (exact) mass is 324 g/mol. The van der Waals surface area contributed by atoms with E-state index in [-0.39, 0.29) is 6.61 Å². The lowest BCUT2D eigenvalue weighted by atomic mass is 10.2. The van der Waals surface area contributed by atoms with E-state index >= 15 is 0 Å². The number of likely N-dealkylation sites (tertiary alicyclic amines) is 1. The third-order valence-corrected chi connectivity index (χ3v) is 4.45. The highest BCUT2D eigenvalue weighted by atomic mass is 16.4. The van der Waals surface area contributed by atoms with Crippen molar-refractivity contribution in [2.45, 2.75) is 25.6 Å². The van der Waals surface area contributed by atoms with Gasteiger partial charge in [-0.1, -0.05) is 35.5 Å². The maximum atomic E-state index is 9.09. The molecule has 124 valence electrons. The van der Waals surface area contributed by atoms with Crippen molar-refractivity contribution in [2.24, 2.45) is 0 Å². The summed E-state index contributed by atoms with van der Waals surface area (Å²) in [4.78, 5) is 2.44. The van der Waals surface area contributed by atoms with Crippen LogP contribution < -0.4 is 0 Å². The molecule has 0 spiro atoms. The minimum Gasteiger partial charge on any atom is -0.457 e. The smallest absolute Gasteiger partial charge is 0.156 e. The van der Waals surface area contributed by atoms with Crippen LogP contribution in [0.1, 0.15) is 23.8 Å². The van der Waals surface area contributed by atoms with Gasteiger partial charge < -0.3 is 9.52 Å². The van der Waals surface area contributed by atoms with Crippen molar-refractivity contribution < 1.29 is 9.52 Å². The van der Waals surface area contributed by atoms with Gasteiger partial charge in [0.15, 0.2) is 5.76 Å². The molecule has 24 heavy (non-hydrogen) atoms. The van der Waals surface area contributed by atoms with E-state index in [1.165, 1.54) is 5.56 Å². The standard InChI is InChI=1S/C18H20N4O2/c23-13-16-6-7-18(24-16)17-12-22(20-19-17)15-8-9-21(11-15)10-14-4-2-1-3-5-14/h1-7,12,15,23H,8-11,13H2/t15-/m0/s1. The fourth-order valence-corrected chi connectivity index (χ4v) is 3.18. The molecule has 3 aromatic rings. The van der Waals surface area contributed by atoms with E-state index in [2.05, 4.69) is 39.5 Å². The van der Waals surface area contributed by atoms with Crippen LogP contribution in [0.3, 0.4) is 0 Å². The Balaban J connectivity index is 1.42. The molecule has 4 rings (SSSR count). The van der Waals surface area contributed by atoms with Crippen molar-refractivity contribution in [2.75, 3.05) is 13.1 Å². The van der Waals surface area contributed by atoms with Crippen molar-refractivity contribution in [1.82, 2.24) is 19.9 Å². The van der Waals surface area contributed by atoms with Gasteiger partial charge in [-0.3, -0.25) is 4.90 Å². The average molecular weight is 324 g/mol. The van der Waals surface area contributed by atoms with Crippen molar-refractivity contribution in [3.63, 3.8) is 0 Å². The number of benzene rings is 1. The highest BCUT2D eigenvalue weighted by Gasteiger charge is 2.25. The van der Waals surface area contributed by atoms with Gasteiger partial charge in [0.2, 0.25) is 0 Å². The summed E-state index contributed by atoms with van der Waals surface area (Å²) in [6.07, 6.45) is 2.99. The van der Waals surface area contributed by atoms with Gasteiger partial charge in [0.1, 0.15) is 18.1 Å². The Kier molecular flexibility index (Phi) is 4.15. The lowest BCUT2D eigenvalue weighted by Crippen LogP contribution is -2.21. The first-order valence-corrected chi connectivity index (χ1v) is 8.20. The number of aromatic nitrogens is 3. The Labute approximate surface area is 140 Å². The summed E-state index contributed by atoms with van der Waals surface area (Å²) in [6, 6.07) is 14.4. The Morgan fingerprint density at radius 1 is 1.17 bits per heavy atom. The molecule has 1 aliphatic heterocycles. The lowest BCUT2D eigenvalue weighted by Gasteiger charge is -2.15. The molecule has 0 amide bonds. The van der Waals surface area contributed by atoms with Crippen LogP contribution in [0.2, 0.25) is 0 Å². The van der Waals surface area contributed by atoms with Crippen LogP contribution in [0, 0.1) is 0 Å². The van der Waals surface area contributed by atoms with Crippen LogP contribution in [0.5, 0.6) is 0 Å². The van der Waals surface area contributed by atoms with E-state index in [4.69, 9.17) is 9.52 Å². The van der Waals surface area contributed by atoms with E-state index in [0.29, 0.717) is 23.3 Å². The van der Waals surface area contributed by atoms with Gasteiger partial charge in [0.05, 0.1) is 12.2 Å². The van der Waals surface area contributed by atoms with Crippen LogP contribution >= 0.6 is 0 Å². The Morgan fingerprint density at radius 3 is 2.83 bits per heavy atom. The number of furan rings is 1. The number of nitrogens with zero attached hydrogens (tertiary/aromatic N) is 4. The highest BCUT2D eigenvalue weighted by Crippen LogP contribution is 2.25.